The van der Waals surface area contributed by atoms with E-state index in [-0.39, 0.29) is 0 Å². The number of nitrogens with zero attached hydrogens (tertiary/aromatic N) is 2. The molecule has 0 radical (unpaired) electrons. The van der Waals surface area contributed by atoms with E-state index in [0.717, 1.165) is 39.1 Å². The lowest BCUT2D eigenvalue weighted by Crippen LogP contribution is -2.44. The summed E-state index contributed by atoms with van der Waals surface area (Å²) in [5.41, 5.74) is 0. The van der Waals surface area contributed by atoms with Gasteiger partial charge in [0.1, 0.15) is 5.78 Å². The zero-order valence-corrected chi connectivity index (χ0v) is 8.75. The number of rotatable bonds is 4. The van der Waals surface area contributed by atoms with Gasteiger partial charge in [0, 0.05) is 45.6 Å². The maximum absolute atomic E-state index is 11.1. The van der Waals surface area contributed by atoms with E-state index < -0.39 is 0 Å². The summed E-state index contributed by atoms with van der Waals surface area (Å²) in [4.78, 5) is 15.8. The molecule has 3 nitrogen and oxygen atoms in total. The van der Waals surface area contributed by atoms with E-state index in [1.807, 2.05) is 6.92 Å². The summed E-state index contributed by atoms with van der Waals surface area (Å²) >= 11 is 0. The first-order valence-electron chi connectivity index (χ1n) is 5.15. The van der Waals surface area contributed by atoms with Crippen LogP contribution in [0.5, 0.6) is 0 Å². The molecule has 76 valence electrons. The fourth-order valence-electron chi connectivity index (χ4n) is 1.53. The number of hydrogen-bond donors (Lipinski definition) is 0. The molecule has 3 heteroatoms. The van der Waals surface area contributed by atoms with E-state index in [9.17, 15) is 4.79 Å². The summed E-state index contributed by atoms with van der Waals surface area (Å²) in [6.07, 6.45) is 1.42. The van der Waals surface area contributed by atoms with Gasteiger partial charge in [-0.2, -0.15) is 0 Å². The Morgan fingerprint density at radius 2 is 1.85 bits per heavy atom. The Morgan fingerprint density at radius 1 is 1.23 bits per heavy atom. The Kier molecular flexibility index (Phi) is 4.39. The van der Waals surface area contributed by atoms with Crippen molar-refractivity contribution in [2.75, 3.05) is 39.8 Å². The Bertz CT molecular complexity index is 162. The van der Waals surface area contributed by atoms with Gasteiger partial charge in [0.15, 0.2) is 0 Å². The smallest absolute Gasteiger partial charge is 0.133 e. The molecule has 0 aromatic heterocycles. The Morgan fingerprint density at radius 3 is 2.38 bits per heavy atom. The highest BCUT2D eigenvalue weighted by atomic mass is 16.1. The van der Waals surface area contributed by atoms with Crippen LogP contribution in [0.4, 0.5) is 0 Å². The van der Waals surface area contributed by atoms with Crippen molar-refractivity contribution in [2.45, 2.75) is 19.8 Å². The summed E-state index contributed by atoms with van der Waals surface area (Å²) in [7, 11) is 2.15. The molecular formula is C10H20N2O. The van der Waals surface area contributed by atoms with Crippen LogP contribution >= 0.6 is 0 Å². The summed E-state index contributed by atoms with van der Waals surface area (Å²) in [5.74, 6) is 0.388. The minimum atomic E-state index is 0.388. The molecule has 13 heavy (non-hydrogen) atoms. The number of likely N-dealkylation sites (N-methyl/N-ethyl adjacent to an activating group) is 1. The number of Topliss-reactive ketones (excluding diaryl/α,β-unsaturated/α-hetero) is 1. The normalized spacial score (nSPS) is 20.5. The fraction of sp³-hybridized carbons (Fsp3) is 0.900. The lowest BCUT2D eigenvalue weighted by atomic mass is 10.2. The molecule has 0 amide bonds. The van der Waals surface area contributed by atoms with Gasteiger partial charge in [-0.3, -0.25) is 4.79 Å². The van der Waals surface area contributed by atoms with Crippen LogP contribution in [0.2, 0.25) is 0 Å². The molecule has 1 rings (SSSR count). The topological polar surface area (TPSA) is 23.6 Å². The molecule has 0 spiro atoms. The number of hydrogen-bond acceptors (Lipinski definition) is 3. The van der Waals surface area contributed by atoms with Crippen molar-refractivity contribution in [2.24, 2.45) is 0 Å². The van der Waals surface area contributed by atoms with E-state index in [1.165, 1.54) is 0 Å². The monoisotopic (exact) mass is 184 g/mol. The predicted molar refractivity (Wildman–Crippen MR) is 53.9 cm³/mol. The number of carbonyl (C=O) groups is 1. The zero-order valence-electron chi connectivity index (χ0n) is 8.75. The molecule has 1 heterocycles. The Hall–Kier alpha value is -0.410. The van der Waals surface area contributed by atoms with E-state index in [1.54, 1.807) is 0 Å². The third-order valence-electron chi connectivity index (χ3n) is 2.70. The highest BCUT2D eigenvalue weighted by molar-refractivity contribution is 5.78. The van der Waals surface area contributed by atoms with Gasteiger partial charge >= 0.3 is 0 Å². The molecule has 0 aromatic carbocycles. The minimum Gasteiger partial charge on any atom is -0.304 e. The molecule has 0 atom stereocenters. The maximum atomic E-state index is 11.1. The molecule has 1 aliphatic heterocycles. The van der Waals surface area contributed by atoms with Gasteiger partial charge in [-0.05, 0) is 7.05 Å². The zero-order chi connectivity index (χ0) is 9.68. The summed E-state index contributed by atoms with van der Waals surface area (Å²) in [6, 6.07) is 0. The third kappa shape index (κ3) is 3.87. The molecule has 0 saturated carbocycles. The lowest BCUT2D eigenvalue weighted by Gasteiger charge is -2.32. The van der Waals surface area contributed by atoms with Gasteiger partial charge in [-0.1, -0.05) is 6.92 Å². The highest BCUT2D eigenvalue weighted by Gasteiger charge is 2.13. The largest absolute Gasteiger partial charge is 0.304 e. The van der Waals surface area contributed by atoms with E-state index in [4.69, 9.17) is 0 Å². The standard InChI is InChI=1S/C10H20N2O/c1-3-10(13)4-5-12-8-6-11(2)7-9-12/h3-9H2,1-2H3. The van der Waals surface area contributed by atoms with Crippen molar-refractivity contribution < 1.29 is 4.79 Å². The van der Waals surface area contributed by atoms with E-state index >= 15 is 0 Å². The predicted octanol–water partition coefficient (Wildman–Crippen LogP) is 0.603. The van der Waals surface area contributed by atoms with Gasteiger partial charge < -0.3 is 9.80 Å². The first-order valence-corrected chi connectivity index (χ1v) is 5.15. The van der Waals surface area contributed by atoms with Crippen LogP contribution in [0.25, 0.3) is 0 Å². The number of piperazine rings is 1. The van der Waals surface area contributed by atoms with Crippen molar-refractivity contribution >= 4 is 5.78 Å². The van der Waals surface area contributed by atoms with Crippen molar-refractivity contribution in [1.29, 1.82) is 0 Å². The number of carbonyl (C=O) groups excluding carboxylic acids is 1. The molecule has 0 aliphatic carbocycles. The van der Waals surface area contributed by atoms with Gasteiger partial charge in [0.2, 0.25) is 0 Å². The second-order valence-electron chi connectivity index (χ2n) is 3.79. The van der Waals surface area contributed by atoms with Crippen molar-refractivity contribution in [1.82, 2.24) is 9.80 Å². The quantitative estimate of drug-likeness (QED) is 0.639. The highest BCUT2D eigenvalue weighted by Crippen LogP contribution is 2.00. The molecule has 0 aromatic rings. The van der Waals surface area contributed by atoms with Crippen LogP contribution in [-0.2, 0) is 4.79 Å². The third-order valence-corrected chi connectivity index (χ3v) is 2.70. The van der Waals surface area contributed by atoms with Gasteiger partial charge in [0.05, 0.1) is 0 Å². The van der Waals surface area contributed by atoms with Crippen LogP contribution in [0, 0.1) is 0 Å². The van der Waals surface area contributed by atoms with Gasteiger partial charge in [0.25, 0.3) is 0 Å². The molecule has 0 N–H and O–H groups in total. The maximum Gasteiger partial charge on any atom is 0.133 e. The summed E-state index contributed by atoms with van der Waals surface area (Å²) in [6.45, 7) is 7.41. The van der Waals surface area contributed by atoms with Crippen LogP contribution < -0.4 is 0 Å². The van der Waals surface area contributed by atoms with Crippen molar-refractivity contribution in [3.05, 3.63) is 0 Å². The van der Waals surface area contributed by atoms with Gasteiger partial charge in [-0.15, -0.1) is 0 Å². The Balaban J connectivity index is 2.12. The minimum absolute atomic E-state index is 0.388. The second-order valence-corrected chi connectivity index (χ2v) is 3.79. The van der Waals surface area contributed by atoms with E-state index in [2.05, 4.69) is 16.8 Å². The average molecular weight is 184 g/mol. The fourth-order valence-corrected chi connectivity index (χ4v) is 1.53. The summed E-state index contributed by atoms with van der Waals surface area (Å²) in [5, 5.41) is 0. The lowest BCUT2D eigenvalue weighted by molar-refractivity contribution is -0.119. The van der Waals surface area contributed by atoms with Crippen molar-refractivity contribution in [3.8, 4) is 0 Å². The molecule has 1 fully saturated rings. The molecule has 1 saturated heterocycles. The first kappa shape index (κ1) is 10.7. The number of ketones is 1. The van der Waals surface area contributed by atoms with Crippen molar-refractivity contribution in [3.63, 3.8) is 0 Å². The second kappa shape index (κ2) is 5.35. The molecule has 0 unspecified atom stereocenters. The first-order chi connectivity index (χ1) is 6.22. The van der Waals surface area contributed by atoms with Crippen LogP contribution in [0.1, 0.15) is 19.8 Å². The molecule has 1 aliphatic rings. The van der Waals surface area contributed by atoms with Crippen LogP contribution in [-0.4, -0.2) is 55.4 Å². The SMILES string of the molecule is CCC(=O)CCN1CCN(C)CC1. The van der Waals surface area contributed by atoms with E-state index in [0.29, 0.717) is 12.2 Å². The Labute approximate surface area is 80.7 Å². The summed E-state index contributed by atoms with van der Waals surface area (Å²) < 4.78 is 0. The van der Waals surface area contributed by atoms with Crippen LogP contribution in [0.3, 0.4) is 0 Å². The van der Waals surface area contributed by atoms with Gasteiger partial charge in [-0.25, -0.2) is 0 Å². The molecule has 0 bridgehead atoms. The van der Waals surface area contributed by atoms with Crippen LogP contribution in [0.15, 0.2) is 0 Å². The molecular weight excluding hydrogens is 164 g/mol. The average Bonchev–Trinajstić information content (AvgIpc) is 2.16.